The van der Waals surface area contributed by atoms with Gasteiger partial charge in [-0.15, -0.1) is 0 Å². The minimum absolute atomic E-state index is 0.103. The zero-order valence-corrected chi connectivity index (χ0v) is 13.0. The van der Waals surface area contributed by atoms with Gasteiger partial charge in [0.15, 0.2) is 0 Å². The van der Waals surface area contributed by atoms with Gasteiger partial charge in [-0.2, -0.15) is 0 Å². The average Bonchev–Trinajstić information content (AvgIpc) is 2.57. The summed E-state index contributed by atoms with van der Waals surface area (Å²) >= 11 is 0. The Balaban J connectivity index is 2.55. The zero-order valence-electron chi connectivity index (χ0n) is 13.0. The molecular weight excluding hydrogens is 298 g/mol. The van der Waals surface area contributed by atoms with E-state index in [9.17, 15) is 9.59 Å². The molecule has 0 aliphatic heterocycles. The van der Waals surface area contributed by atoms with E-state index in [1.807, 2.05) is 30.3 Å². The fraction of sp³-hybridized carbons (Fsp3) is 0.294. The lowest BCUT2D eigenvalue weighted by molar-refractivity contribution is -0.142. The van der Waals surface area contributed by atoms with Gasteiger partial charge in [-0.05, 0) is 5.56 Å². The molecule has 0 bridgehead atoms. The van der Waals surface area contributed by atoms with Crippen LogP contribution in [0.5, 0.6) is 0 Å². The van der Waals surface area contributed by atoms with Crippen molar-refractivity contribution in [1.82, 2.24) is 5.32 Å². The van der Waals surface area contributed by atoms with Crippen LogP contribution in [0, 0.1) is 0 Å². The Morgan fingerprint density at radius 1 is 1.35 bits per heavy atom. The number of rotatable bonds is 8. The van der Waals surface area contributed by atoms with Gasteiger partial charge >= 0.3 is 12.1 Å². The van der Waals surface area contributed by atoms with Crippen LogP contribution in [0.15, 0.2) is 54.6 Å². The molecule has 1 amide bonds. The Hall–Kier alpha value is -2.60. The number of allylic oxidation sites excluding steroid dienone is 1. The third kappa shape index (κ3) is 7.28. The molecule has 0 heterocycles. The van der Waals surface area contributed by atoms with Crippen LogP contribution in [0.2, 0.25) is 0 Å². The first-order valence-corrected chi connectivity index (χ1v) is 7.07. The van der Waals surface area contributed by atoms with Crippen molar-refractivity contribution in [3.63, 3.8) is 0 Å². The zero-order chi connectivity index (χ0) is 17.1. The van der Waals surface area contributed by atoms with E-state index in [0.29, 0.717) is 5.57 Å². The van der Waals surface area contributed by atoms with Crippen LogP contribution in [0.4, 0.5) is 4.79 Å². The molecule has 0 saturated heterocycles. The van der Waals surface area contributed by atoms with Crippen LogP contribution in [-0.4, -0.2) is 36.9 Å². The lowest BCUT2D eigenvalue weighted by Gasteiger charge is -2.16. The van der Waals surface area contributed by atoms with Crippen molar-refractivity contribution in [3.05, 3.63) is 60.2 Å². The summed E-state index contributed by atoms with van der Waals surface area (Å²) in [7, 11) is 1.23. The van der Waals surface area contributed by atoms with E-state index in [-0.39, 0.29) is 19.6 Å². The lowest BCUT2D eigenvalue weighted by Crippen LogP contribution is -2.41. The van der Waals surface area contributed by atoms with Crippen LogP contribution in [-0.2, 0) is 20.9 Å². The van der Waals surface area contributed by atoms with Gasteiger partial charge in [-0.1, -0.05) is 54.6 Å². The fourth-order valence-electron chi connectivity index (χ4n) is 1.79. The molecule has 0 radical (unpaired) electrons. The molecule has 0 fully saturated rings. The van der Waals surface area contributed by atoms with Gasteiger partial charge < -0.3 is 19.9 Å². The molecule has 6 nitrogen and oxygen atoms in total. The van der Waals surface area contributed by atoms with Gasteiger partial charge in [0.2, 0.25) is 0 Å². The molecule has 2 N–H and O–H groups in total. The summed E-state index contributed by atoms with van der Waals surface area (Å²) in [6, 6.07) is 8.29. The number of methoxy groups -OCH3 is 1. The smallest absolute Gasteiger partial charge is 0.408 e. The number of aliphatic hydroxyl groups excluding tert-OH is 1. The van der Waals surface area contributed by atoms with E-state index in [2.05, 4.69) is 16.6 Å². The summed E-state index contributed by atoms with van der Waals surface area (Å²) in [6.07, 6.45) is 2.50. The minimum Gasteiger partial charge on any atom is -0.467 e. The largest absolute Gasteiger partial charge is 0.467 e. The normalized spacial score (nSPS) is 11.7. The van der Waals surface area contributed by atoms with Crippen LogP contribution < -0.4 is 5.32 Å². The molecular formula is C17H21NO5. The number of benzene rings is 1. The van der Waals surface area contributed by atoms with E-state index in [1.165, 1.54) is 13.2 Å². The van der Waals surface area contributed by atoms with Crippen molar-refractivity contribution in [2.75, 3.05) is 13.7 Å². The second kappa shape index (κ2) is 10.2. The molecule has 0 aliphatic rings. The first-order chi connectivity index (χ1) is 11.1. The minimum atomic E-state index is -0.904. The van der Waals surface area contributed by atoms with Gasteiger partial charge in [-0.25, -0.2) is 9.59 Å². The summed E-state index contributed by atoms with van der Waals surface area (Å²) in [5.41, 5.74) is 1.41. The lowest BCUT2D eigenvalue weighted by atomic mass is 10.1. The first-order valence-electron chi connectivity index (χ1n) is 7.07. The summed E-state index contributed by atoms with van der Waals surface area (Å²) < 4.78 is 9.73. The summed E-state index contributed by atoms with van der Waals surface area (Å²) in [6.45, 7) is 3.72. The van der Waals surface area contributed by atoms with E-state index in [4.69, 9.17) is 9.84 Å². The number of ether oxygens (including phenoxy) is 2. The molecule has 0 aliphatic carbocycles. The number of hydrogen-bond acceptors (Lipinski definition) is 5. The molecule has 0 saturated carbocycles. The molecule has 1 rings (SSSR count). The Kier molecular flexibility index (Phi) is 8.17. The molecule has 23 heavy (non-hydrogen) atoms. The molecule has 1 atom stereocenters. The molecule has 0 aromatic heterocycles. The SMILES string of the molecule is C=C(/C=C/CO)CC(NC(=O)OCc1ccccc1)C(=O)OC. The summed E-state index contributed by atoms with van der Waals surface area (Å²) in [5, 5.41) is 11.2. The monoisotopic (exact) mass is 319 g/mol. The third-order valence-electron chi connectivity index (χ3n) is 2.92. The summed E-state index contributed by atoms with van der Waals surface area (Å²) in [4.78, 5) is 23.5. The molecule has 1 aromatic carbocycles. The number of alkyl carbamates (subject to hydrolysis) is 1. The highest BCUT2D eigenvalue weighted by molar-refractivity contribution is 5.81. The number of esters is 1. The number of aliphatic hydroxyl groups is 1. The highest BCUT2D eigenvalue weighted by Crippen LogP contribution is 2.08. The van der Waals surface area contributed by atoms with Crippen LogP contribution in [0.3, 0.4) is 0 Å². The number of amides is 1. The van der Waals surface area contributed by atoms with Crippen molar-refractivity contribution < 1.29 is 24.2 Å². The van der Waals surface area contributed by atoms with E-state index in [1.54, 1.807) is 6.08 Å². The van der Waals surface area contributed by atoms with E-state index in [0.717, 1.165) is 5.56 Å². The Labute approximate surface area is 135 Å². The van der Waals surface area contributed by atoms with Gasteiger partial charge in [0.05, 0.1) is 13.7 Å². The maximum absolute atomic E-state index is 11.8. The Morgan fingerprint density at radius 2 is 2.04 bits per heavy atom. The maximum Gasteiger partial charge on any atom is 0.408 e. The highest BCUT2D eigenvalue weighted by atomic mass is 16.6. The molecule has 1 aromatic rings. The number of nitrogens with one attached hydrogen (secondary N) is 1. The second-order valence-corrected chi connectivity index (χ2v) is 4.73. The molecule has 0 spiro atoms. The maximum atomic E-state index is 11.8. The predicted octanol–water partition coefficient (Wildman–Crippen LogP) is 1.95. The van der Waals surface area contributed by atoms with Crippen LogP contribution in [0.1, 0.15) is 12.0 Å². The molecule has 6 heteroatoms. The topological polar surface area (TPSA) is 84.9 Å². The van der Waals surface area contributed by atoms with Crippen molar-refractivity contribution in [2.45, 2.75) is 19.1 Å². The number of carbonyl (C=O) groups is 2. The van der Waals surface area contributed by atoms with Crippen molar-refractivity contribution in [2.24, 2.45) is 0 Å². The van der Waals surface area contributed by atoms with E-state index >= 15 is 0 Å². The van der Waals surface area contributed by atoms with Crippen molar-refractivity contribution >= 4 is 12.1 Å². The second-order valence-electron chi connectivity index (χ2n) is 4.73. The van der Waals surface area contributed by atoms with Gasteiger partial charge in [-0.3, -0.25) is 0 Å². The van der Waals surface area contributed by atoms with Gasteiger partial charge in [0.1, 0.15) is 12.6 Å². The van der Waals surface area contributed by atoms with Crippen molar-refractivity contribution in [3.8, 4) is 0 Å². The average molecular weight is 319 g/mol. The quantitative estimate of drug-likeness (QED) is 0.565. The Morgan fingerprint density at radius 3 is 2.65 bits per heavy atom. The van der Waals surface area contributed by atoms with Crippen molar-refractivity contribution in [1.29, 1.82) is 0 Å². The molecule has 1 unspecified atom stereocenters. The summed E-state index contributed by atoms with van der Waals surface area (Å²) in [5.74, 6) is -0.597. The Bertz CT molecular complexity index is 553. The fourth-order valence-corrected chi connectivity index (χ4v) is 1.79. The van der Waals surface area contributed by atoms with Crippen LogP contribution >= 0.6 is 0 Å². The van der Waals surface area contributed by atoms with Crippen LogP contribution in [0.25, 0.3) is 0 Å². The third-order valence-corrected chi connectivity index (χ3v) is 2.92. The molecule has 124 valence electrons. The highest BCUT2D eigenvalue weighted by Gasteiger charge is 2.22. The van der Waals surface area contributed by atoms with E-state index < -0.39 is 18.1 Å². The van der Waals surface area contributed by atoms with Gasteiger partial charge in [0, 0.05) is 6.42 Å². The number of carbonyl (C=O) groups excluding carboxylic acids is 2. The van der Waals surface area contributed by atoms with Gasteiger partial charge in [0.25, 0.3) is 0 Å². The standard InChI is InChI=1S/C17H21NO5/c1-13(7-6-10-19)11-15(16(20)22-2)18-17(21)23-12-14-8-4-3-5-9-14/h3-9,15,19H,1,10-12H2,2H3,(H,18,21)/b7-6+. The first kappa shape index (κ1) is 18.4. The predicted molar refractivity (Wildman–Crippen MR) is 85.5 cm³/mol. The number of hydrogen-bond donors (Lipinski definition) is 2.